The molecule has 0 radical (unpaired) electrons. The summed E-state index contributed by atoms with van der Waals surface area (Å²) in [7, 11) is 1.73. The molecule has 0 aromatic rings. The van der Waals surface area contributed by atoms with Crippen LogP contribution in [0.3, 0.4) is 0 Å². The smallest absolute Gasteiger partial charge is 0.335 e. The summed E-state index contributed by atoms with van der Waals surface area (Å²) in [4.78, 5) is 11.8. The molecule has 106 valence electrons. The van der Waals surface area contributed by atoms with Crippen molar-refractivity contribution in [1.82, 2.24) is 0 Å². The van der Waals surface area contributed by atoms with Crippen molar-refractivity contribution in [3.8, 4) is 0 Å². The van der Waals surface area contributed by atoms with Crippen LogP contribution in [0, 0.1) is 0 Å². The maximum Gasteiger partial charge on any atom is 0.335 e. The summed E-state index contributed by atoms with van der Waals surface area (Å²) in [5.41, 5.74) is -0.462. The molecule has 1 fully saturated rings. The highest BCUT2D eigenvalue weighted by Crippen LogP contribution is 2.24. The molecule has 1 saturated carbocycles. The van der Waals surface area contributed by atoms with Crippen LogP contribution in [0.25, 0.3) is 0 Å². The van der Waals surface area contributed by atoms with Crippen molar-refractivity contribution in [2.24, 2.45) is 0 Å². The molecule has 3 unspecified atom stereocenters. The van der Waals surface area contributed by atoms with Gasteiger partial charge in [0.25, 0.3) is 0 Å². The highest BCUT2D eigenvalue weighted by molar-refractivity contribution is 5.74. The first kappa shape index (κ1) is 15.4. The highest BCUT2D eigenvalue weighted by atomic mass is 16.6. The molecule has 0 amide bonds. The van der Waals surface area contributed by atoms with Crippen molar-refractivity contribution in [2.45, 2.75) is 77.3 Å². The first-order valence-corrected chi connectivity index (χ1v) is 6.73. The first-order chi connectivity index (χ1) is 8.31. The van der Waals surface area contributed by atoms with Gasteiger partial charge in [0.15, 0.2) is 6.10 Å². The van der Waals surface area contributed by atoms with Crippen molar-refractivity contribution in [3.63, 3.8) is 0 Å². The van der Waals surface area contributed by atoms with Crippen molar-refractivity contribution < 1.29 is 19.0 Å². The maximum absolute atomic E-state index is 11.8. The van der Waals surface area contributed by atoms with E-state index in [2.05, 4.69) is 0 Å². The van der Waals surface area contributed by atoms with E-state index >= 15 is 0 Å². The fraction of sp³-hybridized carbons (Fsp3) is 0.929. The minimum Gasteiger partial charge on any atom is -0.458 e. The summed E-state index contributed by atoms with van der Waals surface area (Å²) in [5, 5.41) is 0. The van der Waals surface area contributed by atoms with Gasteiger partial charge in [0.1, 0.15) is 5.60 Å². The van der Waals surface area contributed by atoms with E-state index in [1.54, 1.807) is 14.0 Å². The SMILES string of the molecule is COC1CCCC(OC(C)C(=O)OC(C)(C)C)C1. The molecule has 0 aromatic heterocycles. The summed E-state index contributed by atoms with van der Waals surface area (Å²) in [6, 6.07) is 0. The first-order valence-electron chi connectivity index (χ1n) is 6.73. The normalized spacial score (nSPS) is 26.7. The van der Waals surface area contributed by atoms with Gasteiger partial charge in [-0.05, 0) is 53.4 Å². The maximum atomic E-state index is 11.8. The Labute approximate surface area is 110 Å². The third-order valence-electron chi connectivity index (χ3n) is 3.05. The van der Waals surface area contributed by atoms with E-state index in [-0.39, 0.29) is 18.2 Å². The Balaban J connectivity index is 2.39. The molecule has 0 spiro atoms. The fourth-order valence-electron chi connectivity index (χ4n) is 2.17. The number of carbonyl (C=O) groups excluding carboxylic acids is 1. The second-order valence-electron chi connectivity index (χ2n) is 5.96. The van der Waals surface area contributed by atoms with Gasteiger partial charge in [-0.3, -0.25) is 0 Å². The van der Waals surface area contributed by atoms with E-state index in [1.165, 1.54) is 0 Å². The van der Waals surface area contributed by atoms with Gasteiger partial charge in [0.05, 0.1) is 12.2 Å². The molecule has 0 aromatic carbocycles. The predicted octanol–water partition coefficient (Wildman–Crippen LogP) is 2.69. The molecular weight excluding hydrogens is 232 g/mol. The lowest BCUT2D eigenvalue weighted by molar-refractivity contribution is -0.173. The molecule has 0 bridgehead atoms. The molecule has 1 rings (SSSR count). The summed E-state index contributed by atoms with van der Waals surface area (Å²) < 4.78 is 16.4. The van der Waals surface area contributed by atoms with Gasteiger partial charge in [-0.1, -0.05) is 0 Å². The summed E-state index contributed by atoms with van der Waals surface area (Å²) in [5.74, 6) is -0.290. The van der Waals surface area contributed by atoms with E-state index < -0.39 is 11.7 Å². The van der Waals surface area contributed by atoms with Gasteiger partial charge in [-0.25, -0.2) is 4.79 Å². The molecule has 1 aliphatic carbocycles. The number of ether oxygens (including phenoxy) is 3. The Morgan fingerprint density at radius 3 is 2.39 bits per heavy atom. The minimum atomic E-state index is -0.509. The van der Waals surface area contributed by atoms with Crippen molar-refractivity contribution >= 4 is 5.97 Å². The standard InChI is InChI=1S/C14H26O4/c1-10(13(15)18-14(2,3)4)17-12-8-6-7-11(9-12)16-5/h10-12H,6-9H2,1-5H3. The molecule has 0 saturated heterocycles. The van der Waals surface area contributed by atoms with Crippen LogP contribution in [0.15, 0.2) is 0 Å². The third kappa shape index (κ3) is 5.36. The Morgan fingerprint density at radius 1 is 1.22 bits per heavy atom. The molecule has 4 nitrogen and oxygen atoms in total. The summed E-state index contributed by atoms with van der Waals surface area (Å²) >= 11 is 0. The van der Waals surface area contributed by atoms with Gasteiger partial charge in [-0.15, -0.1) is 0 Å². The zero-order valence-electron chi connectivity index (χ0n) is 12.2. The van der Waals surface area contributed by atoms with Crippen LogP contribution in [0.5, 0.6) is 0 Å². The van der Waals surface area contributed by atoms with Crippen LogP contribution in [0.4, 0.5) is 0 Å². The van der Waals surface area contributed by atoms with Crippen LogP contribution in [-0.4, -0.2) is 37.0 Å². The predicted molar refractivity (Wildman–Crippen MR) is 69.4 cm³/mol. The average molecular weight is 258 g/mol. The molecular formula is C14H26O4. The number of rotatable bonds is 4. The molecule has 0 aliphatic heterocycles. The van der Waals surface area contributed by atoms with Crippen molar-refractivity contribution in [2.75, 3.05) is 7.11 Å². The van der Waals surface area contributed by atoms with Gasteiger partial charge in [-0.2, -0.15) is 0 Å². The van der Waals surface area contributed by atoms with Crippen LogP contribution in [0.2, 0.25) is 0 Å². The zero-order valence-corrected chi connectivity index (χ0v) is 12.2. The molecule has 3 atom stereocenters. The number of hydrogen-bond acceptors (Lipinski definition) is 4. The summed E-state index contributed by atoms with van der Waals surface area (Å²) in [6.45, 7) is 7.34. The molecule has 4 heteroatoms. The average Bonchev–Trinajstić information content (AvgIpc) is 2.27. The number of hydrogen-bond donors (Lipinski definition) is 0. The van der Waals surface area contributed by atoms with Crippen molar-refractivity contribution in [1.29, 1.82) is 0 Å². The van der Waals surface area contributed by atoms with Gasteiger partial charge in [0.2, 0.25) is 0 Å². The van der Waals surface area contributed by atoms with E-state index in [0.717, 1.165) is 25.7 Å². The van der Waals surface area contributed by atoms with E-state index in [9.17, 15) is 4.79 Å². The number of methoxy groups -OCH3 is 1. The van der Waals surface area contributed by atoms with Crippen LogP contribution in [-0.2, 0) is 19.0 Å². The minimum absolute atomic E-state index is 0.103. The Kier molecular flexibility index (Phi) is 5.60. The molecule has 0 N–H and O–H groups in total. The van der Waals surface area contributed by atoms with Gasteiger partial charge in [0, 0.05) is 7.11 Å². The number of esters is 1. The van der Waals surface area contributed by atoms with Gasteiger partial charge < -0.3 is 14.2 Å². The van der Waals surface area contributed by atoms with E-state index in [0.29, 0.717) is 0 Å². The largest absolute Gasteiger partial charge is 0.458 e. The Hall–Kier alpha value is -0.610. The van der Waals surface area contributed by atoms with Crippen molar-refractivity contribution in [3.05, 3.63) is 0 Å². The van der Waals surface area contributed by atoms with E-state index in [4.69, 9.17) is 14.2 Å². The van der Waals surface area contributed by atoms with Crippen LogP contribution >= 0.6 is 0 Å². The second kappa shape index (κ2) is 6.53. The van der Waals surface area contributed by atoms with Gasteiger partial charge >= 0.3 is 5.97 Å². The fourth-order valence-corrected chi connectivity index (χ4v) is 2.17. The topological polar surface area (TPSA) is 44.8 Å². The Morgan fingerprint density at radius 2 is 1.83 bits per heavy atom. The lowest BCUT2D eigenvalue weighted by atomic mass is 9.95. The van der Waals surface area contributed by atoms with Crippen LogP contribution < -0.4 is 0 Å². The lowest BCUT2D eigenvalue weighted by Gasteiger charge is -2.30. The zero-order chi connectivity index (χ0) is 13.8. The highest BCUT2D eigenvalue weighted by Gasteiger charge is 2.28. The molecule has 1 aliphatic rings. The number of carbonyl (C=O) groups is 1. The summed E-state index contributed by atoms with van der Waals surface area (Å²) in [6.07, 6.45) is 3.88. The Bertz CT molecular complexity index is 269. The lowest BCUT2D eigenvalue weighted by Crippen LogP contribution is -2.36. The monoisotopic (exact) mass is 258 g/mol. The quantitative estimate of drug-likeness (QED) is 0.727. The second-order valence-corrected chi connectivity index (χ2v) is 5.96. The van der Waals surface area contributed by atoms with E-state index in [1.807, 2.05) is 20.8 Å². The third-order valence-corrected chi connectivity index (χ3v) is 3.05. The molecule has 18 heavy (non-hydrogen) atoms. The molecule has 0 heterocycles. The van der Waals surface area contributed by atoms with Crippen LogP contribution in [0.1, 0.15) is 53.4 Å².